The van der Waals surface area contributed by atoms with Crippen molar-refractivity contribution in [3.8, 4) is 0 Å². The number of carbonyl (C=O) groups is 2. The highest BCUT2D eigenvalue weighted by molar-refractivity contribution is 5.82. The van der Waals surface area contributed by atoms with Crippen molar-refractivity contribution >= 4 is 11.9 Å². The number of esters is 1. The highest BCUT2D eigenvalue weighted by Crippen LogP contribution is 2.02. The van der Waals surface area contributed by atoms with Gasteiger partial charge in [-0.15, -0.1) is 0 Å². The number of amides is 1. The van der Waals surface area contributed by atoms with Crippen molar-refractivity contribution in [2.45, 2.75) is 33.2 Å². The van der Waals surface area contributed by atoms with E-state index < -0.39 is 0 Å². The van der Waals surface area contributed by atoms with Gasteiger partial charge < -0.3 is 14.4 Å². The van der Waals surface area contributed by atoms with E-state index in [-0.39, 0.29) is 30.9 Å². The Labute approximate surface area is 96.7 Å². The maximum absolute atomic E-state index is 11.7. The molecule has 0 rings (SSSR count). The number of carbonyl (C=O) groups excluding carboxylic acids is 2. The van der Waals surface area contributed by atoms with E-state index in [1.807, 2.05) is 13.8 Å². The number of rotatable bonds is 7. The first-order valence-electron chi connectivity index (χ1n) is 5.46. The van der Waals surface area contributed by atoms with Crippen LogP contribution in [-0.2, 0) is 19.1 Å². The summed E-state index contributed by atoms with van der Waals surface area (Å²) in [5.41, 5.74) is 0. The summed E-state index contributed by atoms with van der Waals surface area (Å²) >= 11 is 0. The van der Waals surface area contributed by atoms with Crippen molar-refractivity contribution in [1.29, 1.82) is 0 Å². The molecule has 5 heteroatoms. The van der Waals surface area contributed by atoms with E-state index in [1.54, 1.807) is 14.0 Å². The highest BCUT2D eigenvalue weighted by atomic mass is 16.5. The quantitative estimate of drug-likeness (QED) is 0.609. The number of nitrogens with zero attached hydrogens (tertiary/aromatic N) is 1. The van der Waals surface area contributed by atoms with Crippen molar-refractivity contribution in [3.05, 3.63) is 0 Å². The van der Waals surface area contributed by atoms with Crippen LogP contribution >= 0.6 is 0 Å². The summed E-state index contributed by atoms with van der Waals surface area (Å²) in [6.45, 7) is 6.17. The van der Waals surface area contributed by atoms with E-state index in [1.165, 1.54) is 4.90 Å². The van der Waals surface area contributed by atoms with E-state index >= 15 is 0 Å². The Balaban J connectivity index is 4.26. The van der Waals surface area contributed by atoms with E-state index in [2.05, 4.69) is 0 Å². The average Bonchev–Trinajstić information content (AvgIpc) is 2.22. The fourth-order valence-electron chi connectivity index (χ4n) is 1.24. The van der Waals surface area contributed by atoms with E-state index in [0.29, 0.717) is 13.2 Å². The molecule has 0 unspecified atom stereocenters. The van der Waals surface area contributed by atoms with Gasteiger partial charge >= 0.3 is 5.97 Å². The van der Waals surface area contributed by atoms with Gasteiger partial charge in [0.05, 0.1) is 19.6 Å². The molecule has 94 valence electrons. The van der Waals surface area contributed by atoms with Gasteiger partial charge in [-0.3, -0.25) is 9.59 Å². The first-order chi connectivity index (χ1) is 7.52. The molecule has 0 heterocycles. The fraction of sp³-hybridized carbons (Fsp3) is 0.818. The molecule has 0 saturated carbocycles. The minimum Gasteiger partial charge on any atom is -0.465 e. The lowest BCUT2D eigenvalue weighted by molar-refractivity contribution is -0.150. The number of hydrogen-bond donors (Lipinski definition) is 0. The Morgan fingerprint density at radius 2 is 1.94 bits per heavy atom. The number of ether oxygens (including phenoxy) is 2. The molecule has 0 N–H and O–H groups in total. The summed E-state index contributed by atoms with van der Waals surface area (Å²) in [6, 6.07) is -0.0197. The summed E-state index contributed by atoms with van der Waals surface area (Å²) in [4.78, 5) is 24.5. The Kier molecular flexibility index (Phi) is 7.54. The molecule has 1 amide bonds. The Bertz CT molecular complexity index is 228. The predicted octanol–water partition coefficient (Wildman–Crippen LogP) is 0.823. The second kappa shape index (κ2) is 8.10. The third kappa shape index (κ3) is 5.70. The summed E-state index contributed by atoms with van der Waals surface area (Å²) in [5.74, 6) is -0.466. The third-order valence-electron chi connectivity index (χ3n) is 2.07. The van der Waals surface area contributed by atoms with Crippen LogP contribution in [0.4, 0.5) is 0 Å². The maximum atomic E-state index is 11.7. The van der Waals surface area contributed by atoms with Gasteiger partial charge in [0.25, 0.3) is 0 Å². The van der Waals surface area contributed by atoms with Crippen molar-refractivity contribution in [3.63, 3.8) is 0 Å². The first kappa shape index (κ1) is 14.9. The minimum atomic E-state index is -0.373. The predicted molar refractivity (Wildman–Crippen MR) is 60.0 cm³/mol. The van der Waals surface area contributed by atoms with Crippen molar-refractivity contribution in [1.82, 2.24) is 4.90 Å². The zero-order valence-electron chi connectivity index (χ0n) is 10.5. The molecule has 0 aromatic heterocycles. The lowest BCUT2D eigenvalue weighted by atomic mass is 10.2. The van der Waals surface area contributed by atoms with Gasteiger partial charge in [0, 0.05) is 13.2 Å². The zero-order chi connectivity index (χ0) is 12.6. The summed E-state index contributed by atoms with van der Waals surface area (Å²) < 4.78 is 9.64. The summed E-state index contributed by atoms with van der Waals surface area (Å²) in [6.07, 6.45) is 0.286. The van der Waals surface area contributed by atoms with Crippen LogP contribution in [0.15, 0.2) is 0 Å². The van der Waals surface area contributed by atoms with Crippen LogP contribution in [0.5, 0.6) is 0 Å². The fourth-order valence-corrected chi connectivity index (χ4v) is 1.24. The SMILES string of the molecule is CCOC(=O)CN(C(=O)CCOC)C(C)C. The number of hydrogen-bond acceptors (Lipinski definition) is 4. The molecular weight excluding hydrogens is 210 g/mol. The lowest BCUT2D eigenvalue weighted by Gasteiger charge is -2.25. The van der Waals surface area contributed by atoms with Crippen LogP contribution in [0.1, 0.15) is 27.2 Å². The second-order valence-corrected chi connectivity index (χ2v) is 3.66. The molecule has 0 aliphatic heterocycles. The molecule has 0 aliphatic carbocycles. The van der Waals surface area contributed by atoms with Gasteiger partial charge in [-0.2, -0.15) is 0 Å². The largest absolute Gasteiger partial charge is 0.465 e. The molecule has 5 nitrogen and oxygen atoms in total. The molecule has 0 radical (unpaired) electrons. The van der Waals surface area contributed by atoms with Gasteiger partial charge in [-0.05, 0) is 20.8 Å². The molecule has 0 spiro atoms. The zero-order valence-corrected chi connectivity index (χ0v) is 10.5. The van der Waals surface area contributed by atoms with Crippen LogP contribution in [-0.4, -0.2) is 49.7 Å². The standard InChI is InChI=1S/C11H21NO4/c1-5-16-11(14)8-12(9(2)3)10(13)6-7-15-4/h9H,5-8H2,1-4H3. The molecule has 0 fully saturated rings. The van der Waals surface area contributed by atoms with Crippen LogP contribution in [0, 0.1) is 0 Å². The molecule has 16 heavy (non-hydrogen) atoms. The van der Waals surface area contributed by atoms with Gasteiger partial charge in [0.1, 0.15) is 6.54 Å². The van der Waals surface area contributed by atoms with E-state index in [4.69, 9.17) is 9.47 Å². The molecule has 0 atom stereocenters. The number of methoxy groups -OCH3 is 1. The Morgan fingerprint density at radius 3 is 2.38 bits per heavy atom. The maximum Gasteiger partial charge on any atom is 0.325 e. The van der Waals surface area contributed by atoms with Gasteiger partial charge in [0.2, 0.25) is 5.91 Å². The molecular formula is C11H21NO4. The minimum absolute atomic E-state index is 0.00799. The van der Waals surface area contributed by atoms with Crippen LogP contribution < -0.4 is 0 Å². The molecule has 0 aromatic carbocycles. The van der Waals surface area contributed by atoms with E-state index in [0.717, 1.165) is 0 Å². The summed E-state index contributed by atoms with van der Waals surface area (Å²) in [5, 5.41) is 0. The van der Waals surface area contributed by atoms with Gasteiger partial charge in [0.15, 0.2) is 0 Å². The molecule has 0 aromatic rings. The smallest absolute Gasteiger partial charge is 0.325 e. The monoisotopic (exact) mass is 231 g/mol. The van der Waals surface area contributed by atoms with Crippen molar-refractivity contribution < 1.29 is 19.1 Å². The van der Waals surface area contributed by atoms with Crippen LogP contribution in [0.25, 0.3) is 0 Å². The molecule has 0 bridgehead atoms. The van der Waals surface area contributed by atoms with Gasteiger partial charge in [-0.1, -0.05) is 0 Å². The average molecular weight is 231 g/mol. The highest BCUT2D eigenvalue weighted by Gasteiger charge is 2.20. The van der Waals surface area contributed by atoms with E-state index in [9.17, 15) is 9.59 Å². The Hall–Kier alpha value is -1.10. The molecule has 0 saturated heterocycles. The third-order valence-corrected chi connectivity index (χ3v) is 2.07. The molecule has 0 aliphatic rings. The topological polar surface area (TPSA) is 55.8 Å². The normalized spacial score (nSPS) is 10.3. The van der Waals surface area contributed by atoms with Gasteiger partial charge in [-0.25, -0.2) is 0 Å². The van der Waals surface area contributed by atoms with Crippen LogP contribution in [0.3, 0.4) is 0 Å². The first-order valence-corrected chi connectivity index (χ1v) is 5.46. The Morgan fingerprint density at radius 1 is 1.31 bits per heavy atom. The van der Waals surface area contributed by atoms with Crippen LogP contribution in [0.2, 0.25) is 0 Å². The van der Waals surface area contributed by atoms with Crippen molar-refractivity contribution in [2.24, 2.45) is 0 Å². The summed E-state index contributed by atoms with van der Waals surface area (Å²) in [7, 11) is 1.54. The second-order valence-electron chi connectivity index (χ2n) is 3.66. The lowest BCUT2D eigenvalue weighted by Crippen LogP contribution is -2.41. The van der Waals surface area contributed by atoms with Crippen molar-refractivity contribution in [2.75, 3.05) is 26.9 Å².